The van der Waals surface area contributed by atoms with E-state index in [4.69, 9.17) is 10.2 Å². The number of aliphatic hydroxyl groups is 2. The molecule has 0 spiro atoms. The molecular formula is C12H14O6. The molecule has 0 aliphatic rings. The maximum atomic E-state index is 11.6. The fourth-order valence-corrected chi connectivity index (χ4v) is 1.28. The summed E-state index contributed by atoms with van der Waals surface area (Å²) in [5.41, 5.74) is -0.0758. The van der Waals surface area contributed by atoms with E-state index in [0.29, 0.717) is 0 Å². The Labute approximate surface area is 104 Å². The van der Waals surface area contributed by atoms with E-state index in [9.17, 15) is 9.59 Å². The molecule has 1 aromatic carbocycles. The Morgan fingerprint density at radius 2 is 1.28 bits per heavy atom. The summed E-state index contributed by atoms with van der Waals surface area (Å²) < 4.78 is 9.16. The number of carbonyl (C=O) groups is 2. The molecule has 0 radical (unpaired) electrons. The third-order valence-electron chi connectivity index (χ3n) is 1.92. The fourth-order valence-electron chi connectivity index (χ4n) is 1.28. The van der Waals surface area contributed by atoms with Gasteiger partial charge < -0.3 is 19.7 Å². The number of esters is 2. The smallest absolute Gasteiger partial charge is 0.341 e. The van der Waals surface area contributed by atoms with E-state index in [2.05, 4.69) is 9.47 Å². The Kier molecular flexibility index (Phi) is 4.82. The largest absolute Gasteiger partial charge is 0.433 e. The van der Waals surface area contributed by atoms with Crippen molar-refractivity contribution in [3.8, 4) is 0 Å². The molecule has 2 atom stereocenters. The summed E-state index contributed by atoms with van der Waals surface area (Å²) in [4.78, 5) is 23.2. The van der Waals surface area contributed by atoms with E-state index in [-0.39, 0.29) is 11.1 Å². The third-order valence-corrected chi connectivity index (χ3v) is 1.92. The van der Waals surface area contributed by atoms with Crippen molar-refractivity contribution in [1.29, 1.82) is 0 Å². The Morgan fingerprint density at radius 3 is 1.56 bits per heavy atom. The van der Waals surface area contributed by atoms with Gasteiger partial charge in [0.05, 0.1) is 11.1 Å². The zero-order chi connectivity index (χ0) is 13.7. The molecule has 0 aliphatic carbocycles. The SMILES string of the molecule is CC(O)OC(=O)c1ccccc1C(=O)OC(C)O. The summed E-state index contributed by atoms with van der Waals surface area (Å²) in [5, 5.41) is 17.9. The lowest BCUT2D eigenvalue weighted by atomic mass is 10.1. The van der Waals surface area contributed by atoms with Gasteiger partial charge in [-0.1, -0.05) is 12.1 Å². The van der Waals surface area contributed by atoms with E-state index >= 15 is 0 Å². The second kappa shape index (κ2) is 6.13. The van der Waals surface area contributed by atoms with Crippen LogP contribution in [0.25, 0.3) is 0 Å². The van der Waals surface area contributed by atoms with E-state index in [0.717, 1.165) is 0 Å². The van der Waals surface area contributed by atoms with Crippen LogP contribution in [0.4, 0.5) is 0 Å². The van der Waals surface area contributed by atoms with Crippen molar-refractivity contribution in [3.05, 3.63) is 35.4 Å². The van der Waals surface area contributed by atoms with Crippen LogP contribution in [0.1, 0.15) is 34.6 Å². The highest BCUT2D eigenvalue weighted by atomic mass is 16.6. The Bertz CT molecular complexity index is 397. The fraction of sp³-hybridized carbons (Fsp3) is 0.333. The molecule has 0 heterocycles. The van der Waals surface area contributed by atoms with Crippen molar-refractivity contribution in [2.45, 2.75) is 26.4 Å². The van der Waals surface area contributed by atoms with Crippen LogP contribution < -0.4 is 0 Å². The van der Waals surface area contributed by atoms with E-state index in [1.807, 2.05) is 0 Å². The topological polar surface area (TPSA) is 93.1 Å². The summed E-state index contributed by atoms with van der Waals surface area (Å²) in [6.07, 6.45) is -2.56. The molecule has 0 aromatic heterocycles. The monoisotopic (exact) mass is 254 g/mol. The summed E-state index contributed by atoms with van der Waals surface area (Å²) >= 11 is 0. The zero-order valence-electron chi connectivity index (χ0n) is 9.99. The molecule has 0 bridgehead atoms. The highest BCUT2D eigenvalue weighted by Gasteiger charge is 2.20. The molecule has 6 nitrogen and oxygen atoms in total. The van der Waals surface area contributed by atoms with Gasteiger partial charge in [0.2, 0.25) is 0 Å². The molecular weight excluding hydrogens is 240 g/mol. The van der Waals surface area contributed by atoms with Crippen LogP contribution in [-0.4, -0.2) is 34.7 Å². The number of aliphatic hydroxyl groups excluding tert-OH is 2. The maximum Gasteiger partial charge on any atom is 0.341 e. The number of hydrogen-bond acceptors (Lipinski definition) is 6. The first kappa shape index (κ1) is 14.1. The van der Waals surface area contributed by atoms with Crippen molar-refractivity contribution < 1.29 is 29.3 Å². The number of ether oxygens (including phenoxy) is 2. The zero-order valence-corrected chi connectivity index (χ0v) is 9.99. The van der Waals surface area contributed by atoms with Gasteiger partial charge >= 0.3 is 11.9 Å². The van der Waals surface area contributed by atoms with Gasteiger partial charge in [0.15, 0.2) is 12.6 Å². The summed E-state index contributed by atoms with van der Waals surface area (Å²) in [5.74, 6) is -1.69. The summed E-state index contributed by atoms with van der Waals surface area (Å²) in [6, 6.07) is 5.81. The van der Waals surface area contributed by atoms with Crippen LogP contribution in [0.3, 0.4) is 0 Å². The molecule has 18 heavy (non-hydrogen) atoms. The van der Waals surface area contributed by atoms with E-state index in [1.165, 1.54) is 38.1 Å². The second-order valence-electron chi connectivity index (χ2n) is 3.55. The average molecular weight is 254 g/mol. The standard InChI is InChI=1S/C12H14O6/c1-7(13)17-11(15)9-5-3-4-6-10(9)12(16)18-8(2)14/h3-8,13-14H,1-2H3. The molecule has 0 fully saturated rings. The molecule has 0 saturated carbocycles. The number of benzene rings is 1. The lowest BCUT2D eigenvalue weighted by Crippen LogP contribution is -2.20. The van der Waals surface area contributed by atoms with Crippen LogP contribution in [0.15, 0.2) is 24.3 Å². The van der Waals surface area contributed by atoms with Crippen LogP contribution in [0.2, 0.25) is 0 Å². The van der Waals surface area contributed by atoms with Crippen LogP contribution in [0, 0.1) is 0 Å². The molecule has 1 rings (SSSR count). The molecule has 2 unspecified atom stereocenters. The first-order valence-electron chi connectivity index (χ1n) is 5.29. The highest BCUT2D eigenvalue weighted by molar-refractivity contribution is 6.03. The van der Waals surface area contributed by atoms with Gasteiger partial charge in [0.1, 0.15) is 0 Å². The normalized spacial score (nSPS) is 13.6. The van der Waals surface area contributed by atoms with Gasteiger partial charge in [-0.2, -0.15) is 0 Å². The number of rotatable bonds is 4. The number of hydrogen-bond donors (Lipinski definition) is 2. The molecule has 0 amide bonds. The maximum absolute atomic E-state index is 11.6. The molecule has 6 heteroatoms. The van der Waals surface area contributed by atoms with Crippen molar-refractivity contribution in [1.82, 2.24) is 0 Å². The number of carbonyl (C=O) groups excluding carboxylic acids is 2. The predicted octanol–water partition coefficient (Wildman–Crippen LogP) is 0.677. The van der Waals surface area contributed by atoms with E-state index < -0.39 is 24.5 Å². The first-order chi connectivity index (χ1) is 8.41. The van der Waals surface area contributed by atoms with Gasteiger partial charge in [-0.3, -0.25) is 0 Å². The van der Waals surface area contributed by atoms with Crippen LogP contribution in [0.5, 0.6) is 0 Å². The molecule has 98 valence electrons. The van der Waals surface area contributed by atoms with E-state index in [1.54, 1.807) is 0 Å². The van der Waals surface area contributed by atoms with Gasteiger partial charge in [-0.15, -0.1) is 0 Å². The van der Waals surface area contributed by atoms with Gasteiger partial charge in [-0.25, -0.2) is 9.59 Å². The van der Waals surface area contributed by atoms with Gasteiger partial charge in [0.25, 0.3) is 0 Å². The predicted molar refractivity (Wildman–Crippen MR) is 60.6 cm³/mol. The van der Waals surface area contributed by atoms with Crippen LogP contribution >= 0.6 is 0 Å². The van der Waals surface area contributed by atoms with Crippen molar-refractivity contribution >= 4 is 11.9 Å². The molecule has 0 saturated heterocycles. The van der Waals surface area contributed by atoms with Gasteiger partial charge in [0, 0.05) is 0 Å². The Hall–Kier alpha value is -1.92. The molecule has 1 aromatic rings. The molecule has 2 N–H and O–H groups in total. The second-order valence-corrected chi connectivity index (χ2v) is 3.55. The Morgan fingerprint density at radius 1 is 0.944 bits per heavy atom. The Balaban J connectivity index is 2.99. The quantitative estimate of drug-likeness (QED) is 0.606. The molecule has 0 aliphatic heterocycles. The van der Waals surface area contributed by atoms with Gasteiger partial charge in [-0.05, 0) is 26.0 Å². The van der Waals surface area contributed by atoms with Crippen LogP contribution in [-0.2, 0) is 9.47 Å². The minimum absolute atomic E-state index is 0.0379. The van der Waals surface area contributed by atoms with Crippen molar-refractivity contribution in [3.63, 3.8) is 0 Å². The highest BCUT2D eigenvalue weighted by Crippen LogP contribution is 2.13. The first-order valence-corrected chi connectivity index (χ1v) is 5.29. The summed E-state index contributed by atoms with van der Waals surface area (Å²) in [7, 11) is 0. The lowest BCUT2D eigenvalue weighted by molar-refractivity contribution is -0.0561. The van der Waals surface area contributed by atoms with Crippen molar-refractivity contribution in [2.75, 3.05) is 0 Å². The average Bonchev–Trinajstić information content (AvgIpc) is 2.27. The van der Waals surface area contributed by atoms with Crippen molar-refractivity contribution in [2.24, 2.45) is 0 Å². The summed E-state index contributed by atoms with van der Waals surface area (Å²) in [6.45, 7) is 2.54. The third kappa shape index (κ3) is 3.83. The lowest BCUT2D eigenvalue weighted by Gasteiger charge is -2.11. The minimum Gasteiger partial charge on any atom is -0.433 e. The minimum atomic E-state index is -1.28.